The fraction of sp³-hybridized carbons (Fsp3) is 0.320. The lowest BCUT2D eigenvalue weighted by atomic mass is 9.81. The standard InChI is InChI=1S/C25H27F2N7OS/c1-4-15(3)9-29-21(5-2)22(35)32-18-6-7-20(27)19(8-18)25-14-34(24-30-10-17(26)11-31-24)12-16(25)13-36-23(28)33-25/h5-11,16H,3-4,12-14H2,1-2H3,(H2,28,33)(H,32,35). The lowest BCUT2D eigenvalue weighted by Crippen LogP contribution is -2.40. The SMILES string of the molecule is C=C(C=NC(=CC)C(=O)Nc1ccc(F)c(C23CN(c4ncc(F)cn4)CC2CSC(N)=N3)c1)CC. The number of hydrogen-bond donors (Lipinski definition) is 2. The van der Waals surface area contributed by atoms with E-state index >= 15 is 4.39 Å². The summed E-state index contributed by atoms with van der Waals surface area (Å²) in [6.45, 7) is 8.26. The van der Waals surface area contributed by atoms with E-state index in [1.54, 1.807) is 25.3 Å². The maximum absolute atomic E-state index is 15.3. The van der Waals surface area contributed by atoms with Crippen LogP contribution in [-0.4, -0.2) is 46.1 Å². The highest BCUT2D eigenvalue weighted by Gasteiger charge is 2.52. The van der Waals surface area contributed by atoms with Gasteiger partial charge in [-0.3, -0.25) is 9.79 Å². The van der Waals surface area contributed by atoms with Gasteiger partial charge in [-0.05, 0) is 37.1 Å². The number of nitrogens with two attached hydrogens (primary N) is 1. The molecule has 0 aliphatic carbocycles. The lowest BCUT2D eigenvalue weighted by Gasteiger charge is -2.35. The van der Waals surface area contributed by atoms with Crippen LogP contribution in [0.3, 0.4) is 0 Å². The Kier molecular flexibility index (Phi) is 7.48. The molecule has 3 N–H and O–H groups in total. The van der Waals surface area contributed by atoms with Crippen molar-refractivity contribution in [1.82, 2.24) is 9.97 Å². The Morgan fingerprint density at radius 1 is 1.39 bits per heavy atom. The summed E-state index contributed by atoms with van der Waals surface area (Å²) in [5.41, 5.74) is 6.80. The molecule has 2 atom stereocenters. The third-order valence-corrected chi connectivity index (χ3v) is 7.17. The first-order chi connectivity index (χ1) is 17.3. The van der Waals surface area contributed by atoms with Crippen LogP contribution in [0.2, 0.25) is 0 Å². The van der Waals surface area contributed by atoms with Crippen LogP contribution < -0.4 is 16.0 Å². The topological polar surface area (TPSA) is 109 Å². The first-order valence-corrected chi connectivity index (χ1v) is 12.4. The number of nitrogens with one attached hydrogen (secondary N) is 1. The summed E-state index contributed by atoms with van der Waals surface area (Å²) in [6, 6.07) is 4.38. The second kappa shape index (κ2) is 10.6. The normalized spacial score (nSPS) is 21.9. The fourth-order valence-corrected chi connectivity index (χ4v) is 5.25. The molecule has 1 fully saturated rings. The Hall–Kier alpha value is -3.60. The molecule has 1 saturated heterocycles. The minimum absolute atomic E-state index is 0.111. The average Bonchev–Trinajstić information content (AvgIpc) is 3.25. The van der Waals surface area contributed by atoms with Crippen molar-refractivity contribution in [3.8, 4) is 0 Å². The van der Waals surface area contributed by atoms with Gasteiger partial charge >= 0.3 is 0 Å². The summed E-state index contributed by atoms with van der Waals surface area (Å²) in [5, 5.41) is 3.15. The molecular weight excluding hydrogens is 484 g/mol. The van der Waals surface area contributed by atoms with E-state index in [0.717, 1.165) is 18.0 Å². The molecule has 0 radical (unpaired) electrons. The van der Waals surface area contributed by atoms with Gasteiger partial charge in [-0.1, -0.05) is 31.3 Å². The van der Waals surface area contributed by atoms with Crippen molar-refractivity contribution in [2.24, 2.45) is 21.6 Å². The van der Waals surface area contributed by atoms with E-state index in [9.17, 15) is 9.18 Å². The van der Waals surface area contributed by atoms with Gasteiger partial charge in [-0.15, -0.1) is 0 Å². The average molecular weight is 512 g/mol. The Morgan fingerprint density at radius 2 is 2.14 bits per heavy atom. The van der Waals surface area contributed by atoms with E-state index in [2.05, 4.69) is 26.9 Å². The Labute approximate surface area is 212 Å². The first kappa shape index (κ1) is 25.5. The molecule has 8 nitrogen and oxygen atoms in total. The van der Waals surface area contributed by atoms with E-state index in [1.807, 2.05) is 11.8 Å². The van der Waals surface area contributed by atoms with Gasteiger partial charge in [0.05, 0.1) is 18.9 Å². The highest BCUT2D eigenvalue weighted by molar-refractivity contribution is 8.13. The van der Waals surface area contributed by atoms with Crippen molar-refractivity contribution in [2.45, 2.75) is 25.8 Å². The molecule has 3 heterocycles. The van der Waals surface area contributed by atoms with Crippen LogP contribution in [0.15, 0.2) is 64.5 Å². The Morgan fingerprint density at radius 3 is 2.83 bits per heavy atom. The van der Waals surface area contributed by atoms with Gasteiger partial charge in [0.1, 0.15) is 17.1 Å². The molecule has 0 bridgehead atoms. The number of aromatic nitrogens is 2. The highest BCUT2D eigenvalue weighted by atomic mass is 32.2. The van der Waals surface area contributed by atoms with Gasteiger partial charge in [-0.25, -0.2) is 23.7 Å². The van der Waals surface area contributed by atoms with Crippen molar-refractivity contribution in [2.75, 3.05) is 29.1 Å². The van der Waals surface area contributed by atoms with Crippen molar-refractivity contribution in [1.29, 1.82) is 0 Å². The molecular formula is C25H27F2N7OS. The van der Waals surface area contributed by atoms with Crippen LogP contribution in [0.5, 0.6) is 0 Å². The molecule has 188 valence electrons. The zero-order valence-electron chi connectivity index (χ0n) is 20.0. The number of halogens is 2. The second-order valence-corrected chi connectivity index (χ2v) is 9.60. The van der Waals surface area contributed by atoms with Gasteiger partial charge in [0, 0.05) is 35.7 Å². The number of nitrogens with zero attached hydrogens (tertiary/aromatic N) is 5. The van der Waals surface area contributed by atoms with Gasteiger partial charge in [-0.2, -0.15) is 0 Å². The largest absolute Gasteiger partial charge is 0.379 e. The molecule has 2 aliphatic heterocycles. The highest BCUT2D eigenvalue weighted by Crippen LogP contribution is 2.47. The molecule has 1 aromatic carbocycles. The van der Waals surface area contributed by atoms with Crippen molar-refractivity contribution < 1.29 is 13.6 Å². The van der Waals surface area contributed by atoms with E-state index in [-0.39, 0.29) is 18.2 Å². The van der Waals surface area contributed by atoms with Crippen molar-refractivity contribution in [3.05, 3.63) is 71.7 Å². The van der Waals surface area contributed by atoms with Crippen LogP contribution in [0.25, 0.3) is 0 Å². The third kappa shape index (κ3) is 5.15. The van der Waals surface area contributed by atoms with Crippen LogP contribution in [0.1, 0.15) is 25.8 Å². The number of carbonyl (C=O) groups excluding carboxylic acids is 1. The zero-order valence-corrected chi connectivity index (χ0v) is 20.9. The summed E-state index contributed by atoms with van der Waals surface area (Å²) in [7, 11) is 0. The van der Waals surface area contributed by atoms with Crippen LogP contribution in [0.4, 0.5) is 20.4 Å². The maximum Gasteiger partial charge on any atom is 0.273 e. The number of aliphatic imine (C=N–C) groups is 2. The van der Waals surface area contributed by atoms with Gasteiger partial charge < -0.3 is 16.0 Å². The summed E-state index contributed by atoms with van der Waals surface area (Å²) in [5.74, 6) is -0.605. The first-order valence-electron chi connectivity index (χ1n) is 11.5. The number of amides is 1. The summed E-state index contributed by atoms with van der Waals surface area (Å²) >= 11 is 1.40. The van der Waals surface area contributed by atoms with Crippen LogP contribution in [0, 0.1) is 17.6 Å². The Bertz CT molecular complexity index is 1260. The third-order valence-electron chi connectivity index (χ3n) is 6.22. The predicted octanol–water partition coefficient (Wildman–Crippen LogP) is 4.03. The van der Waals surface area contributed by atoms with Crippen LogP contribution in [-0.2, 0) is 10.3 Å². The smallest absolute Gasteiger partial charge is 0.273 e. The minimum Gasteiger partial charge on any atom is -0.379 e. The minimum atomic E-state index is -1.02. The van der Waals surface area contributed by atoms with Crippen LogP contribution >= 0.6 is 11.8 Å². The number of carbonyl (C=O) groups is 1. The number of rotatable bonds is 7. The molecule has 2 aliphatic rings. The number of thioether (sulfide) groups is 1. The lowest BCUT2D eigenvalue weighted by molar-refractivity contribution is -0.112. The second-order valence-electron chi connectivity index (χ2n) is 8.56. The van der Waals surface area contributed by atoms with E-state index < -0.39 is 23.1 Å². The summed E-state index contributed by atoms with van der Waals surface area (Å²) in [4.78, 5) is 31.8. The molecule has 4 rings (SSSR count). The van der Waals surface area contributed by atoms with Gasteiger partial charge in [0.2, 0.25) is 5.95 Å². The number of hydrogen-bond acceptors (Lipinski definition) is 8. The number of fused-ring (bicyclic) bond motifs is 1. The predicted molar refractivity (Wildman–Crippen MR) is 140 cm³/mol. The molecule has 0 saturated carbocycles. The number of anilines is 2. The fourth-order valence-electron chi connectivity index (χ4n) is 4.27. The van der Waals surface area contributed by atoms with E-state index in [0.29, 0.717) is 41.1 Å². The molecule has 1 aromatic heterocycles. The molecule has 1 amide bonds. The van der Waals surface area contributed by atoms with E-state index in [1.165, 1.54) is 23.9 Å². The van der Waals surface area contributed by atoms with Gasteiger partial charge in [0.15, 0.2) is 11.0 Å². The number of benzene rings is 1. The summed E-state index contributed by atoms with van der Waals surface area (Å²) in [6.07, 6.45) is 6.05. The maximum atomic E-state index is 15.3. The van der Waals surface area contributed by atoms with Crippen molar-refractivity contribution in [3.63, 3.8) is 0 Å². The quantitative estimate of drug-likeness (QED) is 0.429. The molecule has 11 heteroatoms. The number of amidine groups is 1. The Balaban J connectivity index is 1.66. The van der Waals surface area contributed by atoms with Gasteiger partial charge in [0.25, 0.3) is 5.91 Å². The summed E-state index contributed by atoms with van der Waals surface area (Å²) < 4.78 is 28.7. The van der Waals surface area contributed by atoms with E-state index in [4.69, 9.17) is 10.7 Å². The molecule has 0 spiro atoms. The monoisotopic (exact) mass is 511 g/mol. The van der Waals surface area contributed by atoms with Crippen molar-refractivity contribution >= 4 is 40.7 Å². The number of allylic oxidation sites excluding steroid dienone is 2. The molecule has 36 heavy (non-hydrogen) atoms. The molecule has 2 aromatic rings. The zero-order chi connectivity index (χ0) is 25.9. The molecule has 2 unspecified atom stereocenters.